The number of rotatable bonds is 0. The molecule has 0 aromatic carbocycles. The maximum atomic E-state index is 4.25. The molecule has 4 heteroatoms. The Balaban J connectivity index is -0.00000000667. The highest BCUT2D eigenvalue weighted by Crippen LogP contribution is 1.28. The molecule has 0 aliphatic carbocycles. The molecule has 0 N–H and O–H groups in total. The van der Waals surface area contributed by atoms with Crippen LogP contribution in [0.4, 0.5) is 0 Å². The fraction of sp³-hybridized carbons (Fsp3) is 1.00. The fourth-order valence-electron chi connectivity index (χ4n) is 0. The second-order valence-corrected chi connectivity index (χ2v) is 0.408. The fourth-order valence-corrected chi connectivity index (χ4v) is 0. The lowest BCUT2D eigenvalue weighted by Crippen LogP contribution is -1.55. The van der Waals surface area contributed by atoms with Crippen LogP contribution in [0.2, 0.25) is 0 Å². The predicted molar refractivity (Wildman–Crippen MR) is 34.7 cm³/mol. The van der Waals surface area contributed by atoms with Gasteiger partial charge in [-0.3, -0.25) is 0 Å². The molecule has 0 fully saturated rings. The number of methoxy groups -OCH3 is 1. The Morgan fingerprint density at radius 3 is 0.833 bits per heavy atom. The third-order valence-corrected chi connectivity index (χ3v) is 0. The van der Waals surface area contributed by atoms with Gasteiger partial charge in [0.05, 0.1) is 0 Å². The minimum Gasteiger partial charge on any atom is -0.388 e. The van der Waals surface area contributed by atoms with E-state index in [9.17, 15) is 0 Å². The van der Waals surface area contributed by atoms with Crippen molar-refractivity contribution in [1.29, 1.82) is 0 Å². The first-order chi connectivity index (χ1) is 1.41. The van der Waals surface area contributed by atoms with Crippen LogP contribution in [0.15, 0.2) is 0 Å². The first kappa shape index (κ1) is 29.0. The van der Waals surface area contributed by atoms with E-state index in [1.807, 2.05) is 0 Å². The van der Waals surface area contributed by atoms with Gasteiger partial charge in [-0.2, -0.15) is 0 Å². The zero-order valence-electron chi connectivity index (χ0n) is 3.63. The summed E-state index contributed by atoms with van der Waals surface area (Å²) >= 11 is 0. The quantitative estimate of drug-likeness (QED) is 0.515. The highest BCUT2D eigenvalue weighted by Gasteiger charge is 1.25. The van der Waals surface area contributed by atoms with Crippen molar-refractivity contribution in [2.24, 2.45) is 0 Å². The van der Waals surface area contributed by atoms with E-state index in [1.165, 1.54) is 0 Å². The van der Waals surface area contributed by atoms with Crippen molar-refractivity contribution in [3.05, 3.63) is 0 Å². The molecule has 0 bridgehead atoms. The second kappa shape index (κ2) is 40.6. The van der Waals surface area contributed by atoms with Crippen LogP contribution in [-0.2, 0) is 4.74 Å². The van der Waals surface area contributed by atoms with Crippen molar-refractivity contribution < 1.29 is 4.74 Å². The van der Waals surface area contributed by atoms with Crippen molar-refractivity contribution >= 4 is 37.2 Å². The van der Waals surface area contributed by atoms with Crippen molar-refractivity contribution in [1.82, 2.24) is 0 Å². The van der Waals surface area contributed by atoms with E-state index in [2.05, 4.69) is 4.74 Å². The molecule has 0 saturated carbocycles. The zero-order valence-corrected chi connectivity index (χ0v) is 6.08. The first-order valence-corrected chi connectivity index (χ1v) is 0.816. The molecule has 0 amide bonds. The van der Waals surface area contributed by atoms with Crippen molar-refractivity contribution in [3.63, 3.8) is 0 Å². The molecule has 0 saturated heterocycles. The highest BCUT2D eigenvalue weighted by atomic mass is 35.5. The summed E-state index contributed by atoms with van der Waals surface area (Å²) in [6.45, 7) is 0. The van der Waals surface area contributed by atoms with Crippen LogP contribution in [0, 0.1) is 0 Å². The molecule has 1 nitrogen and oxygen atoms in total. The molecule has 0 spiro atoms. The van der Waals surface area contributed by atoms with E-state index in [-0.39, 0.29) is 37.2 Å². The van der Waals surface area contributed by atoms with E-state index in [0.717, 1.165) is 0 Å². The molecule has 0 heterocycles. The van der Waals surface area contributed by atoms with Gasteiger partial charge in [-0.15, -0.1) is 37.2 Å². The molecule has 44 valence electrons. The Labute approximate surface area is 56.7 Å². The number of halogens is 3. The molecule has 0 unspecified atom stereocenters. The van der Waals surface area contributed by atoms with Crippen LogP contribution in [-0.4, -0.2) is 14.2 Å². The second-order valence-electron chi connectivity index (χ2n) is 0.408. The maximum absolute atomic E-state index is 4.25. The van der Waals surface area contributed by atoms with Gasteiger partial charge < -0.3 is 4.74 Å². The summed E-state index contributed by atoms with van der Waals surface area (Å²) in [6, 6.07) is 0. The minimum absolute atomic E-state index is 0. The van der Waals surface area contributed by atoms with E-state index in [4.69, 9.17) is 0 Å². The smallest absolute Gasteiger partial charge is 0.0351 e. The Morgan fingerprint density at radius 1 is 0.833 bits per heavy atom. The van der Waals surface area contributed by atoms with Crippen LogP contribution >= 0.6 is 37.2 Å². The Kier molecular flexibility index (Phi) is 196. The van der Waals surface area contributed by atoms with Crippen LogP contribution in [0.1, 0.15) is 0 Å². The summed E-state index contributed by atoms with van der Waals surface area (Å²) in [5.74, 6) is 0. The standard InChI is InChI=1S/C2H6O.3ClH/c1-3-2;;;/h1-2H3;3*1H. The molecule has 0 rings (SSSR count). The van der Waals surface area contributed by atoms with Gasteiger partial charge in [0.25, 0.3) is 0 Å². The topological polar surface area (TPSA) is 9.23 Å². The van der Waals surface area contributed by atoms with Gasteiger partial charge in [-0.05, 0) is 0 Å². The lowest BCUT2D eigenvalue weighted by molar-refractivity contribution is 0.277. The van der Waals surface area contributed by atoms with E-state index >= 15 is 0 Å². The summed E-state index contributed by atoms with van der Waals surface area (Å²) in [7, 11) is 3.25. The Hall–Kier alpha value is 0.830. The van der Waals surface area contributed by atoms with Gasteiger partial charge in [0, 0.05) is 14.2 Å². The maximum Gasteiger partial charge on any atom is 0.0351 e. The molecular weight excluding hydrogens is 146 g/mol. The molecular formula is C2H9Cl3O. The first-order valence-electron chi connectivity index (χ1n) is 0.816. The number of ether oxygens (including phenoxy) is 1. The van der Waals surface area contributed by atoms with Crippen LogP contribution in [0.5, 0.6) is 0 Å². The molecule has 0 aliphatic rings. The van der Waals surface area contributed by atoms with E-state index in [1.54, 1.807) is 14.2 Å². The molecule has 0 atom stereocenters. The summed E-state index contributed by atoms with van der Waals surface area (Å²) in [5.41, 5.74) is 0. The minimum atomic E-state index is 0. The summed E-state index contributed by atoms with van der Waals surface area (Å²) in [6.07, 6.45) is 0. The number of hydrogen-bond donors (Lipinski definition) is 0. The van der Waals surface area contributed by atoms with Crippen LogP contribution in [0.3, 0.4) is 0 Å². The SMILES string of the molecule is COC.Cl.Cl.Cl. The van der Waals surface area contributed by atoms with Crippen molar-refractivity contribution in [3.8, 4) is 0 Å². The lowest BCUT2D eigenvalue weighted by Gasteiger charge is -1.61. The largest absolute Gasteiger partial charge is 0.388 e. The summed E-state index contributed by atoms with van der Waals surface area (Å²) in [5, 5.41) is 0. The van der Waals surface area contributed by atoms with Gasteiger partial charge in [-0.25, -0.2) is 0 Å². The molecule has 6 heavy (non-hydrogen) atoms. The molecule has 0 aliphatic heterocycles. The predicted octanol–water partition coefficient (Wildman–Crippen LogP) is 1.53. The van der Waals surface area contributed by atoms with Gasteiger partial charge in [0.1, 0.15) is 0 Å². The molecule has 0 aromatic rings. The average molecular weight is 155 g/mol. The van der Waals surface area contributed by atoms with Crippen LogP contribution in [0.25, 0.3) is 0 Å². The van der Waals surface area contributed by atoms with Gasteiger partial charge in [-0.1, -0.05) is 0 Å². The highest BCUT2D eigenvalue weighted by molar-refractivity contribution is 5.86. The summed E-state index contributed by atoms with van der Waals surface area (Å²) < 4.78 is 4.25. The normalized spacial score (nSPS) is 3.00. The average Bonchev–Trinajstić information content (AvgIpc) is 0.918. The van der Waals surface area contributed by atoms with Gasteiger partial charge in [0.2, 0.25) is 0 Å². The third-order valence-electron chi connectivity index (χ3n) is 0. The monoisotopic (exact) mass is 154 g/mol. The van der Waals surface area contributed by atoms with Gasteiger partial charge in [0.15, 0.2) is 0 Å². The summed E-state index contributed by atoms with van der Waals surface area (Å²) in [4.78, 5) is 0. The van der Waals surface area contributed by atoms with Crippen molar-refractivity contribution in [2.75, 3.05) is 14.2 Å². The van der Waals surface area contributed by atoms with Crippen molar-refractivity contribution in [2.45, 2.75) is 0 Å². The third kappa shape index (κ3) is 103. The Morgan fingerprint density at radius 2 is 0.833 bits per heavy atom. The number of hydrogen-bond acceptors (Lipinski definition) is 1. The molecule has 0 radical (unpaired) electrons. The molecule has 0 aromatic heterocycles. The zero-order chi connectivity index (χ0) is 2.71. The van der Waals surface area contributed by atoms with E-state index in [0.29, 0.717) is 0 Å². The Bertz CT molecular complexity index is 8.75. The van der Waals surface area contributed by atoms with E-state index < -0.39 is 0 Å². The lowest BCUT2D eigenvalue weighted by atomic mass is 11.6. The van der Waals surface area contributed by atoms with Gasteiger partial charge >= 0.3 is 0 Å². The van der Waals surface area contributed by atoms with Crippen LogP contribution < -0.4 is 0 Å².